The number of fused-ring (bicyclic) bond motifs is 2. The van der Waals surface area contributed by atoms with Gasteiger partial charge < -0.3 is 19.4 Å². The molecule has 136 valence electrons. The lowest BCUT2D eigenvalue weighted by molar-refractivity contribution is -0.310. The van der Waals surface area contributed by atoms with Gasteiger partial charge in [0.1, 0.15) is 13.2 Å². The van der Waals surface area contributed by atoms with E-state index < -0.39 is 22.0 Å². The fourth-order valence-corrected chi connectivity index (χ4v) is 6.15. The molecule has 1 aromatic carbocycles. The van der Waals surface area contributed by atoms with Crippen LogP contribution in [0.15, 0.2) is 23.1 Å². The van der Waals surface area contributed by atoms with Crippen LogP contribution >= 0.6 is 0 Å². The monoisotopic (exact) mass is 366 g/mol. The first kappa shape index (κ1) is 16.7. The second kappa shape index (κ2) is 6.17. The molecule has 0 aromatic heterocycles. The highest BCUT2D eigenvalue weighted by molar-refractivity contribution is 7.89. The van der Waals surface area contributed by atoms with Crippen molar-refractivity contribution in [3.8, 4) is 11.5 Å². The molecular weight excluding hydrogens is 346 g/mol. The Morgan fingerprint density at radius 1 is 1.12 bits per heavy atom. The van der Waals surface area contributed by atoms with Crippen LogP contribution < -0.4 is 14.6 Å². The number of sulfonamides is 1. The van der Waals surface area contributed by atoms with Gasteiger partial charge >= 0.3 is 0 Å². The third-order valence-corrected chi connectivity index (χ3v) is 7.32. The predicted molar refractivity (Wildman–Crippen MR) is 85.6 cm³/mol. The summed E-state index contributed by atoms with van der Waals surface area (Å²) in [6.45, 7) is 0.772. The summed E-state index contributed by atoms with van der Waals surface area (Å²) in [5, 5.41) is 11.6. The van der Waals surface area contributed by atoms with Gasteiger partial charge in [0, 0.05) is 12.1 Å². The van der Waals surface area contributed by atoms with Crippen molar-refractivity contribution < 1.29 is 27.8 Å². The number of aliphatic carboxylic acids is 1. The lowest BCUT2D eigenvalue weighted by Gasteiger charge is -2.33. The minimum Gasteiger partial charge on any atom is -0.548 e. The molecule has 3 atom stereocenters. The zero-order valence-electron chi connectivity index (χ0n) is 13.7. The molecule has 1 saturated carbocycles. The first-order valence-electron chi connectivity index (χ1n) is 8.62. The number of benzene rings is 1. The first-order valence-corrected chi connectivity index (χ1v) is 10.1. The third kappa shape index (κ3) is 2.77. The number of carboxylic acid groups (broad SMARTS) is 1. The van der Waals surface area contributed by atoms with E-state index >= 15 is 0 Å². The van der Waals surface area contributed by atoms with Gasteiger partial charge in [-0.25, -0.2) is 8.42 Å². The average Bonchev–Trinajstić information content (AvgIpc) is 3.02. The van der Waals surface area contributed by atoms with Crippen molar-refractivity contribution in [3.05, 3.63) is 18.2 Å². The molecule has 0 spiro atoms. The summed E-state index contributed by atoms with van der Waals surface area (Å²) in [6, 6.07) is 3.06. The molecule has 8 heteroatoms. The van der Waals surface area contributed by atoms with E-state index in [1.54, 1.807) is 6.07 Å². The van der Waals surface area contributed by atoms with Crippen molar-refractivity contribution in [2.75, 3.05) is 13.2 Å². The van der Waals surface area contributed by atoms with Crippen molar-refractivity contribution in [3.63, 3.8) is 0 Å². The predicted octanol–water partition coefficient (Wildman–Crippen LogP) is 0.529. The second-order valence-corrected chi connectivity index (χ2v) is 8.67. The Morgan fingerprint density at radius 3 is 2.60 bits per heavy atom. The van der Waals surface area contributed by atoms with E-state index in [2.05, 4.69) is 0 Å². The molecule has 0 bridgehead atoms. The third-order valence-electron chi connectivity index (χ3n) is 5.39. The quantitative estimate of drug-likeness (QED) is 0.774. The lowest BCUT2D eigenvalue weighted by Crippen LogP contribution is -2.50. The van der Waals surface area contributed by atoms with Crippen LogP contribution in [0.1, 0.15) is 32.1 Å². The summed E-state index contributed by atoms with van der Waals surface area (Å²) in [5.74, 6) is -0.366. The maximum Gasteiger partial charge on any atom is 0.244 e. The molecule has 0 unspecified atom stereocenters. The smallest absolute Gasteiger partial charge is 0.244 e. The molecule has 25 heavy (non-hydrogen) atoms. The molecule has 2 fully saturated rings. The summed E-state index contributed by atoms with van der Waals surface area (Å²) in [4.78, 5) is 11.6. The molecule has 3 aliphatic rings. The molecule has 0 radical (unpaired) electrons. The van der Waals surface area contributed by atoms with Crippen LogP contribution in [0.4, 0.5) is 0 Å². The molecule has 7 nitrogen and oxygen atoms in total. The molecular formula is C17H20NO6S-. The summed E-state index contributed by atoms with van der Waals surface area (Å²) in [6.07, 6.45) is 3.81. The highest BCUT2D eigenvalue weighted by atomic mass is 32.2. The summed E-state index contributed by atoms with van der Waals surface area (Å²) >= 11 is 0. The Morgan fingerprint density at radius 2 is 1.84 bits per heavy atom. The van der Waals surface area contributed by atoms with Gasteiger partial charge in [-0.05, 0) is 37.3 Å². The van der Waals surface area contributed by atoms with Crippen LogP contribution in [0, 0.1) is 5.92 Å². The second-order valence-electron chi connectivity index (χ2n) is 6.82. The molecule has 2 aliphatic heterocycles. The largest absolute Gasteiger partial charge is 0.548 e. The minimum absolute atomic E-state index is 0.0363. The fourth-order valence-electron chi connectivity index (χ4n) is 4.27. The maximum absolute atomic E-state index is 13.2. The Hall–Kier alpha value is -1.80. The molecule has 4 rings (SSSR count). The van der Waals surface area contributed by atoms with E-state index in [0.29, 0.717) is 37.6 Å². The summed E-state index contributed by atoms with van der Waals surface area (Å²) < 4.78 is 38.5. The van der Waals surface area contributed by atoms with Gasteiger partial charge in [0.05, 0.1) is 16.9 Å². The first-order chi connectivity index (χ1) is 12.0. The minimum atomic E-state index is -3.96. The van der Waals surface area contributed by atoms with Gasteiger partial charge in [0.2, 0.25) is 10.0 Å². The number of rotatable bonds is 3. The molecule has 1 aliphatic carbocycles. The SMILES string of the molecule is O=C([O-])[C@H]1C[C@H]2CCCC[C@@H]2N1S(=O)(=O)c1ccc2c(c1)OCCO2. The van der Waals surface area contributed by atoms with Crippen molar-refractivity contribution in [2.24, 2.45) is 5.92 Å². The van der Waals surface area contributed by atoms with Gasteiger partial charge in [0.15, 0.2) is 11.5 Å². The summed E-state index contributed by atoms with van der Waals surface area (Å²) in [7, 11) is -3.96. The van der Waals surface area contributed by atoms with Crippen molar-refractivity contribution in [1.82, 2.24) is 4.31 Å². The zero-order valence-corrected chi connectivity index (χ0v) is 14.5. The Kier molecular flexibility index (Phi) is 4.11. The topological polar surface area (TPSA) is 96.0 Å². The van der Waals surface area contributed by atoms with Crippen LogP contribution in [-0.4, -0.2) is 44.0 Å². The number of carbonyl (C=O) groups excluding carboxylic acids is 1. The van der Waals surface area contributed by atoms with Crippen LogP contribution in [0.25, 0.3) is 0 Å². The van der Waals surface area contributed by atoms with E-state index in [1.165, 1.54) is 16.4 Å². The van der Waals surface area contributed by atoms with Crippen LogP contribution in [-0.2, 0) is 14.8 Å². The number of nitrogens with zero attached hydrogens (tertiary/aromatic N) is 1. The Balaban J connectivity index is 1.73. The van der Waals surface area contributed by atoms with Crippen molar-refractivity contribution >= 4 is 16.0 Å². The van der Waals surface area contributed by atoms with Gasteiger partial charge in [-0.1, -0.05) is 12.8 Å². The number of carboxylic acids is 1. The van der Waals surface area contributed by atoms with Gasteiger partial charge in [-0.2, -0.15) is 4.31 Å². The highest BCUT2D eigenvalue weighted by Gasteiger charge is 2.48. The normalized spacial score (nSPS) is 29.2. The van der Waals surface area contributed by atoms with E-state index in [9.17, 15) is 18.3 Å². The van der Waals surface area contributed by atoms with Crippen LogP contribution in [0.3, 0.4) is 0 Å². The van der Waals surface area contributed by atoms with E-state index in [1.807, 2.05) is 0 Å². The van der Waals surface area contributed by atoms with Crippen molar-refractivity contribution in [1.29, 1.82) is 0 Å². The van der Waals surface area contributed by atoms with Gasteiger partial charge in [0.25, 0.3) is 0 Å². The number of hydrogen-bond donors (Lipinski definition) is 0. The Labute approximate surface area is 146 Å². The van der Waals surface area contributed by atoms with Crippen molar-refractivity contribution in [2.45, 2.75) is 49.1 Å². The highest BCUT2D eigenvalue weighted by Crippen LogP contribution is 2.43. The van der Waals surface area contributed by atoms with E-state index in [4.69, 9.17) is 9.47 Å². The molecule has 0 amide bonds. The number of hydrogen-bond acceptors (Lipinski definition) is 6. The number of ether oxygens (including phenoxy) is 2. The van der Waals surface area contributed by atoms with Crippen LogP contribution in [0.5, 0.6) is 11.5 Å². The van der Waals surface area contributed by atoms with E-state index in [-0.39, 0.29) is 16.9 Å². The van der Waals surface area contributed by atoms with Gasteiger partial charge in [-0.3, -0.25) is 0 Å². The maximum atomic E-state index is 13.2. The fraction of sp³-hybridized carbons (Fsp3) is 0.588. The Bertz CT molecular complexity index is 792. The summed E-state index contributed by atoms with van der Waals surface area (Å²) in [5.41, 5.74) is 0. The number of carbonyl (C=O) groups is 1. The molecule has 2 heterocycles. The van der Waals surface area contributed by atoms with Crippen LogP contribution in [0.2, 0.25) is 0 Å². The average molecular weight is 366 g/mol. The zero-order chi connectivity index (χ0) is 17.6. The molecule has 1 saturated heterocycles. The van der Waals surface area contributed by atoms with Gasteiger partial charge in [-0.15, -0.1) is 0 Å². The molecule has 0 N–H and O–H groups in total. The molecule has 1 aromatic rings. The lowest BCUT2D eigenvalue weighted by atomic mass is 9.85. The van der Waals surface area contributed by atoms with E-state index in [0.717, 1.165) is 19.3 Å². The standard InChI is InChI=1S/C17H21NO6S/c19-17(20)14-9-11-3-1-2-4-13(11)18(14)25(21,22)12-5-6-15-16(10-12)24-8-7-23-15/h5-6,10-11,13-14H,1-4,7-9H2,(H,19,20)/p-1/t11-,13+,14-/m1/s1.